The number of anilines is 1. The van der Waals surface area contributed by atoms with Crippen molar-refractivity contribution < 1.29 is 13.2 Å². The quantitative estimate of drug-likeness (QED) is 0.797. The molecule has 0 unspecified atom stereocenters. The first kappa shape index (κ1) is 11.7. The summed E-state index contributed by atoms with van der Waals surface area (Å²) in [6, 6.07) is 4.92. The van der Waals surface area contributed by atoms with Crippen LogP contribution in [0.3, 0.4) is 0 Å². The summed E-state index contributed by atoms with van der Waals surface area (Å²) in [5.41, 5.74) is 1.72. The second-order valence-electron chi connectivity index (χ2n) is 3.46. The molecule has 0 radical (unpaired) electrons. The van der Waals surface area contributed by atoms with Crippen molar-refractivity contribution in [2.75, 3.05) is 11.0 Å². The lowest BCUT2D eigenvalue weighted by molar-refractivity contribution is 0.101. The maximum atomic E-state index is 11.1. The highest BCUT2D eigenvalue weighted by atomic mass is 32.2. The van der Waals surface area contributed by atoms with Crippen LogP contribution < -0.4 is 4.72 Å². The molecular weight excluding hydrogens is 214 g/mol. The second-order valence-corrected chi connectivity index (χ2v) is 5.21. The Bertz CT molecular complexity index is 491. The van der Waals surface area contributed by atoms with Crippen LogP contribution in [0.5, 0.6) is 0 Å². The van der Waals surface area contributed by atoms with E-state index in [1.165, 1.54) is 6.92 Å². The van der Waals surface area contributed by atoms with Gasteiger partial charge in [-0.25, -0.2) is 8.42 Å². The first-order chi connectivity index (χ1) is 6.79. The first-order valence-electron chi connectivity index (χ1n) is 4.39. The number of ketones is 1. The van der Waals surface area contributed by atoms with Gasteiger partial charge in [0.2, 0.25) is 10.0 Å². The van der Waals surface area contributed by atoms with Gasteiger partial charge in [0.25, 0.3) is 0 Å². The second kappa shape index (κ2) is 4.02. The zero-order valence-corrected chi connectivity index (χ0v) is 9.68. The van der Waals surface area contributed by atoms with Crippen molar-refractivity contribution in [1.29, 1.82) is 0 Å². The van der Waals surface area contributed by atoms with E-state index in [0.717, 1.165) is 11.8 Å². The summed E-state index contributed by atoms with van der Waals surface area (Å²) in [6.07, 6.45) is 1.08. The van der Waals surface area contributed by atoms with E-state index >= 15 is 0 Å². The lowest BCUT2D eigenvalue weighted by atomic mass is 10.1. The molecule has 1 aromatic carbocycles. The highest BCUT2D eigenvalue weighted by Gasteiger charge is 2.07. The first-order valence-corrected chi connectivity index (χ1v) is 6.28. The van der Waals surface area contributed by atoms with E-state index in [4.69, 9.17) is 0 Å². The minimum absolute atomic E-state index is 0.0912. The van der Waals surface area contributed by atoms with Crippen LogP contribution >= 0.6 is 0 Å². The number of carbonyl (C=O) groups is 1. The fourth-order valence-corrected chi connectivity index (χ4v) is 1.77. The zero-order valence-electron chi connectivity index (χ0n) is 8.87. The average Bonchev–Trinajstić information content (AvgIpc) is 2.06. The van der Waals surface area contributed by atoms with Crippen molar-refractivity contribution in [3.63, 3.8) is 0 Å². The Hall–Kier alpha value is -1.36. The summed E-state index contributed by atoms with van der Waals surface area (Å²) in [5, 5.41) is 0. The van der Waals surface area contributed by atoms with Gasteiger partial charge in [-0.15, -0.1) is 0 Å². The van der Waals surface area contributed by atoms with Crippen LogP contribution in [0.4, 0.5) is 5.69 Å². The van der Waals surface area contributed by atoms with E-state index in [9.17, 15) is 13.2 Å². The molecule has 4 nitrogen and oxygen atoms in total. The van der Waals surface area contributed by atoms with Crippen LogP contribution in [0.1, 0.15) is 22.8 Å². The topological polar surface area (TPSA) is 63.2 Å². The SMILES string of the molecule is CC(=O)c1ccc(C)c(NS(C)(=O)=O)c1. The molecule has 82 valence electrons. The molecular formula is C10H13NO3S. The van der Waals surface area contributed by atoms with Crippen LogP contribution in [-0.4, -0.2) is 20.5 Å². The van der Waals surface area contributed by atoms with Gasteiger partial charge in [0.1, 0.15) is 0 Å². The van der Waals surface area contributed by atoms with Gasteiger partial charge in [0.05, 0.1) is 11.9 Å². The lowest BCUT2D eigenvalue weighted by Gasteiger charge is -2.08. The minimum Gasteiger partial charge on any atom is -0.295 e. The molecule has 0 heterocycles. The third kappa shape index (κ3) is 3.36. The molecule has 1 aromatic rings. The molecule has 0 fully saturated rings. The molecule has 0 aliphatic heterocycles. The normalized spacial score (nSPS) is 11.1. The van der Waals surface area contributed by atoms with Crippen LogP contribution in [0.15, 0.2) is 18.2 Å². The van der Waals surface area contributed by atoms with Crippen LogP contribution in [0.25, 0.3) is 0 Å². The number of sulfonamides is 1. The summed E-state index contributed by atoms with van der Waals surface area (Å²) in [4.78, 5) is 11.1. The monoisotopic (exact) mass is 227 g/mol. The van der Waals surface area contributed by atoms with Gasteiger partial charge in [0, 0.05) is 5.56 Å². The van der Waals surface area contributed by atoms with Gasteiger partial charge in [-0.1, -0.05) is 12.1 Å². The molecule has 5 heteroatoms. The molecule has 0 saturated carbocycles. The van der Waals surface area contributed by atoms with Gasteiger partial charge >= 0.3 is 0 Å². The molecule has 0 aromatic heterocycles. The number of rotatable bonds is 3. The molecule has 0 amide bonds. The smallest absolute Gasteiger partial charge is 0.229 e. The summed E-state index contributed by atoms with van der Waals surface area (Å²) in [6.45, 7) is 3.21. The van der Waals surface area contributed by atoms with E-state index in [1.54, 1.807) is 25.1 Å². The average molecular weight is 227 g/mol. The number of carbonyl (C=O) groups excluding carboxylic acids is 1. The molecule has 15 heavy (non-hydrogen) atoms. The van der Waals surface area contributed by atoms with Gasteiger partial charge in [-0.2, -0.15) is 0 Å². The third-order valence-electron chi connectivity index (χ3n) is 1.94. The number of nitrogens with one attached hydrogen (secondary N) is 1. The number of hydrogen-bond donors (Lipinski definition) is 1. The van der Waals surface area contributed by atoms with Crippen LogP contribution in [0.2, 0.25) is 0 Å². The van der Waals surface area contributed by atoms with Crippen LogP contribution in [-0.2, 0) is 10.0 Å². The molecule has 1 rings (SSSR count). The Morgan fingerprint density at radius 1 is 1.33 bits per heavy atom. The minimum atomic E-state index is -3.30. The molecule has 0 atom stereocenters. The highest BCUT2D eigenvalue weighted by molar-refractivity contribution is 7.92. The fourth-order valence-electron chi connectivity index (χ4n) is 1.15. The van der Waals surface area contributed by atoms with E-state index < -0.39 is 10.0 Å². The standard InChI is InChI=1S/C10H13NO3S/c1-7-4-5-9(8(2)12)6-10(7)11-15(3,13)14/h4-6,11H,1-3H3. The van der Waals surface area contributed by atoms with Crippen molar-refractivity contribution in [1.82, 2.24) is 0 Å². The molecule has 0 saturated heterocycles. The molecule has 0 bridgehead atoms. The van der Waals surface area contributed by atoms with E-state index in [1.807, 2.05) is 0 Å². The molecule has 0 aliphatic rings. The number of aryl methyl sites for hydroxylation is 1. The van der Waals surface area contributed by atoms with Crippen LogP contribution in [0, 0.1) is 6.92 Å². The predicted molar refractivity (Wildman–Crippen MR) is 59.7 cm³/mol. The van der Waals surface area contributed by atoms with E-state index in [0.29, 0.717) is 11.3 Å². The number of hydrogen-bond acceptors (Lipinski definition) is 3. The summed E-state index contributed by atoms with van der Waals surface area (Å²) < 4.78 is 24.4. The fraction of sp³-hybridized carbons (Fsp3) is 0.300. The van der Waals surface area contributed by atoms with E-state index in [2.05, 4.69) is 4.72 Å². The summed E-state index contributed by atoms with van der Waals surface area (Å²) >= 11 is 0. The van der Waals surface area contributed by atoms with Gasteiger partial charge in [-0.05, 0) is 25.5 Å². The van der Waals surface area contributed by atoms with Crippen molar-refractivity contribution in [3.05, 3.63) is 29.3 Å². The molecule has 0 spiro atoms. The maximum Gasteiger partial charge on any atom is 0.229 e. The Labute approximate surface area is 89.4 Å². The van der Waals surface area contributed by atoms with Crippen molar-refractivity contribution in [3.8, 4) is 0 Å². The number of Topliss-reactive ketones (excluding diaryl/α,β-unsaturated/α-hetero) is 1. The van der Waals surface area contributed by atoms with Crippen molar-refractivity contribution in [2.45, 2.75) is 13.8 Å². The van der Waals surface area contributed by atoms with Crippen molar-refractivity contribution >= 4 is 21.5 Å². The number of benzene rings is 1. The molecule has 0 aliphatic carbocycles. The zero-order chi connectivity index (χ0) is 11.6. The Balaban J connectivity index is 3.17. The Kier molecular flexibility index (Phi) is 3.14. The van der Waals surface area contributed by atoms with E-state index in [-0.39, 0.29) is 5.78 Å². The largest absolute Gasteiger partial charge is 0.295 e. The lowest BCUT2D eigenvalue weighted by Crippen LogP contribution is -2.11. The summed E-state index contributed by atoms with van der Waals surface area (Å²) in [7, 11) is -3.30. The van der Waals surface area contributed by atoms with Gasteiger partial charge < -0.3 is 0 Å². The third-order valence-corrected chi connectivity index (χ3v) is 2.53. The highest BCUT2D eigenvalue weighted by Crippen LogP contribution is 2.18. The predicted octanol–water partition coefficient (Wildman–Crippen LogP) is 1.57. The van der Waals surface area contributed by atoms with Crippen molar-refractivity contribution in [2.24, 2.45) is 0 Å². The van der Waals surface area contributed by atoms with Gasteiger partial charge in [0.15, 0.2) is 5.78 Å². The summed E-state index contributed by atoms with van der Waals surface area (Å²) in [5.74, 6) is -0.0912. The Morgan fingerprint density at radius 2 is 1.93 bits per heavy atom. The van der Waals surface area contributed by atoms with Gasteiger partial charge in [-0.3, -0.25) is 9.52 Å². The maximum absolute atomic E-state index is 11.1. The molecule has 1 N–H and O–H groups in total. The Morgan fingerprint density at radius 3 is 2.40 bits per heavy atom.